The first-order valence-electron chi connectivity index (χ1n) is 11.2. The van der Waals surface area contributed by atoms with Crippen molar-refractivity contribution in [2.75, 3.05) is 33.9 Å². The predicted octanol–water partition coefficient (Wildman–Crippen LogP) is 3.44. The molecule has 1 fully saturated rings. The van der Waals surface area contributed by atoms with Gasteiger partial charge in [-0.3, -0.25) is 9.69 Å². The molecule has 1 saturated heterocycles. The number of likely N-dealkylation sites (tertiary alicyclic amines) is 1. The lowest BCUT2D eigenvalue weighted by Crippen LogP contribution is -2.39. The van der Waals surface area contributed by atoms with E-state index in [0.29, 0.717) is 61.2 Å². The van der Waals surface area contributed by atoms with Gasteiger partial charge in [0.25, 0.3) is 0 Å². The van der Waals surface area contributed by atoms with E-state index >= 15 is 0 Å². The molecule has 0 aliphatic carbocycles. The van der Waals surface area contributed by atoms with Gasteiger partial charge in [0.1, 0.15) is 0 Å². The Bertz CT molecular complexity index is 1120. The Labute approximate surface area is 196 Å². The highest BCUT2D eigenvalue weighted by Crippen LogP contribution is 2.43. The molecule has 4 rings (SSSR count). The van der Waals surface area contributed by atoms with Crippen molar-refractivity contribution in [3.05, 3.63) is 34.5 Å². The van der Waals surface area contributed by atoms with Gasteiger partial charge in [-0.1, -0.05) is 24.3 Å². The lowest BCUT2D eigenvalue weighted by Gasteiger charge is -2.36. The fourth-order valence-corrected chi connectivity index (χ4v) is 5.46. The average Bonchev–Trinajstić information content (AvgIpc) is 3.38. The number of hydrogen-bond acceptors (Lipinski definition) is 9. The predicted molar refractivity (Wildman–Crippen MR) is 124 cm³/mol. The second-order valence-electron chi connectivity index (χ2n) is 7.95. The number of fused-ring (bicyclic) bond motifs is 1. The molecule has 1 N–H and O–H groups in total. The minimum absolute atomic E-state index is 0.0921. The topological polar surface area (TPSA) is 98.4 Å². The number of ether oxygens (including phenoxy) is 3. The molecule has 1 aliphatic heterocycles. The van der Waals surface area contributed by atoms with Crippen molar-refractivity contribution in [3.8, 4) is 17.4 Å². The highest BCUT2D eigenvalue weighted by molar-refractivity contribution is 7.17. The van der Waals surface area contributed by atoms with Crippen LogP contribution in [-0.2, 0) is 16.0 Å². The summed E-state index contributed by atoms with van der Waals surface area (Å²) < 4.78 is 17.7. The maximum atomic E-state index is 12.2. The first kappa shape index (κ1) is 23.3. The summed E-state index contributed by atoms with van der Waals surface area (Å²) >= 11 is 1.43. The number of aryl methyl sites for hydroxylation is 1. The van der Waals surface area contributed by atoms with Crippen LogP contribution in [0.3, 0.4) is 0 Å². The maximum Gasteiger partial charge on any atom is 0.309 e. The van der Waals surface area contributed by atoms with Gasteiger partial charge in [0.05, 0.1) is 37.7 Å². The normalized spacial score (nSPS) is 16.1. The van der Waals surface area contributed by atoms with Crippen LogP contribution in [0.4, 0.5) is 0 Å². The van der Waals surface area contributed by atoms with Gasteiger partial charge in [-0.2, -0.15) is 4.52 Å². The SMILES string of the molecule is CCOC(=O)C1CCN(C(c2ccc(OC)c(OC)c2)c2sc3nc(CC)nn3c2O)CC1. The third-order valence-corrected chi connectivity index (χ3v) is 7.12. The van der Waals surface area contributed by atoms with E-state index in [1.165, 1.54) is 15.9 Å². The Morgan fingerprint density at radius 3 is 2.55 bits per heavy atom. The van der Waals surface area contributed by atoms with Gasteiger partial charge < -0.3 is 19.3 Å². The Morgan fingerprint density at radius 1 is 1.21 bits per heavy atom. The number of hydrogen-bond donors (Lipinski definition) is 1. The molecule has 1 aromatic carbocycles. The largest absolute Gasteiger partial charge is 0.493 e. The van der Waals surface area contributed by atoms with Gasteiger partial charge in [0, 0.05) is 6.42 Å². The number of carbonyl (C=O) groups is 1. The average molecular weight is 475 g/mol. The minimum Gasteiger partial charge on any atom is -0.493 e. The van der Waals surface area contributed by atoms with Crippen molar-refractivity contribution in [2.45, 2.75) is 39.2 Å². The van der Waals surface area contributed by atoms with Crippen LogP contribution in [-0.4, -0.2) is 64.5 Å². The van der Waals surface area contributed by atoms with Crippen LogP contribution < -0.4 is 9.47 Å². The smallest absolute Gasteiger partial charge is 0.309 e. The number of benzene rings is 1. The van der Waals surface area contributed by atoms with E-state index in [9.17, 15) is 9.90 Å². The zero-order chi connectivity index (χ0) is 23.5. The summed E-state index contributed by atoms with van der Waals surface area (Å²) in [6.07, 6.45) is 2.10. The molecular formula is C23H30N4O5S. The lowest BCUT2D eigenvalue weighted by molar-refractivity contribution is -0.149. The molecule has 0 saturated carbocycles. The zero-order valence-corrected chi connectivity index (χ0v) is 20.2. The summed E-state index contributed by atoms with van der Waals surface area (Å²) in [5.74, 6) is 1.81. The molecular weight excluding hydrogens is 444 g/mol. The Balaban J connectivity index is 1.72. The van der Waals surface area contributed by atoms with Crippen LogP contribution in [0, 0.1) is 5.92 Å². The molecule has 1 unspecified atom stereocenters. The number of methoxy groups -OCH3 is 2. The third-order valence-electron chi connectivity index (χ3n) is 6.05. The first-order valence-corrected chi connectivity index (χ1v) is 12.0. The molecule has 33 heavy (non-hydrogen) atoms. The second kappa shape index (κ2) is 9.96. The number of aromatic nitrogens is 3. The van der Waals surface area contributed by atoms with Crippen LogP contribution in [0.25, 0.3) is 4.96 Å². The van der Waals surface area contributed by atoms with E-state index in [-0.39, 0.29) is 23.8 Å². The van der Waals surface area contributed by atoms with Crippen molar-refractivity contribution in [1.29, 1.82) is 0 Å². The van der Waals surface area contributed by atoms with Gasteiger partial charge in [-0.25, -0.2) is 4.98 Å². The van der Waals surface area contributed by atoms with Gasteiger partial charge in [0.15, 0.2) is 17.3 Å². The van der Waals surface area contributed by atoms with E-state index in [1.807, 2.05) is 32.0 Å². The van der Waals surface area contributed by atoms with Crippen molar-refractivity contribution in [2.24, 2.45) is 5.92 Å². The quantitative estimate of drug-likeness (QED) is 0.496. The second-order valence-corrected chi connectivity index (χ2v) is 8.95. The summed E-state index contributed by atoms with van der Waals surface area (Å²) in [5, 5.41) is 15.5. The molecule has 0 amide bonds. The number of thiazole rings is 1. The molecule has 2 aromatic heterocycles. The molecule has 10 heteroatoms. The van der Waals surface area contributed by atoms with Crippen LogP contribution in [0.2, 0.25) is 0 Å². The zero-order valence-electron chi connectivity index (χ0n) is 19.4. The monoisotopic (exact) mass is 474 g/mol. The molecule has 3 aromatic rings. The molecule has 0 radical (unpaired) electrons. The van der Waals surface area contributed by atoms with Crippen LogP contribution in [0.15, 0.2) is 18.2 Å². The van der Waals surface area contributed by atoms with Gasteiger partial charge in [-0.15, -0.1) is 5.10 Å². The van der Waals surface area contributed by atoms with Crippen molar-refractivity contribution in [3.63, 3.8) is 0 Å². The third kappa shape index (κ3) is 4.49. The van der Waals surface area contributed by atoms with E-state index < -0.39 is 0 Å². The minimum atomic E-state index is -0.244. The molecule has 0 spiro atoms. The number of esters is 1. The summed E-state index contributed by atoms with van der Waals surface area (Å²) in [5.41, 5.74) is 0.956. The number of piperidine rings is 1. The summed E-state index contributed by atoms with van der Waals surface area (Å²) in [6.45, 7) is 5.58. The molecule has 3 heterocycles. The lowest BCUT2D eigenvalue weighted by atomic mass is 9.93. The number of nitrogens with zero attached hydrogens (tertiary/aromatic N) is 4. The van der Waals surface area contributed by atoms with Crippen LogP contribution in [0.1, 0.15) is 49.0 Å². The first-order chi connectivity index (χ1) is 16.0. The van der Waals surface area contributed by atoms with E-state index in [2.05, 4.69) is 15.0 Å². The molecule has 1 aliphatic rings. The van der Waals surface area contributed by atoms with Gasteiger partial charge in [0.2, 0.25) is 10.8 Å². The van der Waals surface area contributed by atoms with E-state index in [0.717, 1.165) is 10.4 Å². The van der Waals surface area contributed by atoms with Gasteiger partial charge >= 0.3 is 5.97 Å². The fourth-order valence-electron chi connectivity index (χ4n) is 4.32. The fraction of sp³-hybridized carbons (Fsp3) is 0.522. The molecule has 0 bridgehead atoms. The van der Waals surface area contributed by atoms with E-state index in [1.54, 1.807) is 14.2 Å². The van der Waals surface area contributed by atoms with Crippen molar-refractivity contribution < 1.29 is 24.1 Å². The number of aromatic hydroxyl groups is 1. The molecule has 9 nitrogen and oxygen atoms in total. The summed E-state index contributed by atoms with van der Waals surface area (Å²) in [7, 11) is 3.21. The van der Waals surface area contributed by atoms with Crippen molar-refractivity contribution >= 4 is 22.3 Å². The van der Waals surface area contributed by atoms with Crippen LogP contribution in [0.5, 0.6) is 17.4 Å². The Morgan fingerprint density at radius 2 is 1.94 bits per heavy atom. The number of carbonyl (C=O) groups excluding carboxylic acids is 1. The highest BCUT2D eigenvalue weighted by atomic mass is 32.1. The summed E-state index contributed by atoms with van der Waals surface area (Å²) in [6, 6.07) is 5.55. The van der Waals surface area contributed by atoms with Crippen LogP contribution >= 0.6 is 11.3 Å². The Kier molecular flexibility index (Phi) is 7.04. The van der Waals surface area contributed by atoms with Gasteiger partial charge in [-0.05, 0) is 50.6 Å². The maximum absolute atomic E-state index is 12.2. The van der Waals surface area contributed by atoms with Crippen molar-refractivity contribution in [1.82, 2.24) is 19.5 Å². The Hall–Kier alpha value is -2.85. The molecule has 1 atom stereocenters. The molecule has 178 valence electrons. The van der Waals surface area contributed by atoms with E-state index in [4.69, 9.17) is 14.2 Å². The standard InChI is InChI=1S/C23H30N4O5S/c1-5-18-24-23-27(25-18)21(28)20(33-23)19(15-7-8-16(30-3)17(13-15)31-4)26-11-9-14(10-12-26)22(29)32-6-2/h7-8,13-14,19,28H,5-6,9-12H2,1-4H3. The highest BCUT2D eigenvalue weighted by Gasteiger charge is 2.34. The number of rotatable bonds is 8. The summed E-state index contributed by atoms with van der Waals surface area (Å²) in [4.78, 5) is 20.5.